The molecule has 3 aromatic rings. The molecule has 1 N–H and O–H groups in total. The number of carbonyl (C=O) groups excluding carboxylic acids is 2. The summed E-state index contributed by atoms with van der Waals surface area (Å²) in [5, 5.41) is 11.2. The molecule has 2 heterocycles. The molecule has 2 aromatic carbocycles. The first-order valence-electron chi connectivity index (χ1n) is 10.7. The van der Waals surface area contributed by atoms with Crippen LogP contribution in [0.15, 0.2) is 72.6 Å². The number of anilines is 1. The Morgan fingerprint density at radius 3 is 2.62 bits per heavy atom. The molecule has 6 nitrogen and oxygen atoms in total. The number of aliphatic hydroxyl groups excluding tert-OH is 1. The van der Waals surface area contributed by atoms with Crippen LogP contribution in [0.25, 0.3) is 5.76 Å². The van der Waals surface area contributed by atoms with E-state index in [-0.39, 0.29) is 17.1 Å². The minimum atomic E-state index is -1.22. The molecule has 1 aliphatic rings. The summed E-state index contributed by atoms with van der Waals surface area (Å²) in [4.78, 5) is 31.0. The van der Waals surface area contributed by atoms with Gasteiger partial charge in [-0.3, -0.25) is 19.5 Å². The van der Waals surface area contributed by atoms with Crippen LogP contribution in [0.2, 0.25) is 0 Å². The first-order valence-corrected chi connectivity index (χ1v) is 10.7. The topological polar surface area (TPSA) is 79.7 Å². The van der Waals surface area contributed by atoms with Crippen molar-refractivity contribution < 1.29 is 28.2 Å². The molecule has 34 heavy (non-hydrogen) atoms. The van der Waals surface area contributed by atoms with Crippen molar-refractivity contribution in [1.29, 1.82) is 0 Å². The second kappa shape index (κ2) is 9.43. The lowest BCUT2D eigenvalue weighted by molar-refractivity contribution is -0.132. The lowest BCUT2D eigenvalue weighted by Gasteiger charge is -2.25. The Bertz CT molecular complexity index is 1270. The van der Waals surface area contributed by atoms with Gasteiger partial charge in [0.15, 0.2) is 0 Å². The molecule has 8 heteroatoms. The van der Waals surface area contributed by atoms with Gasteiger partial charge in [-0.25, -0.2) is 8.78 Å². The maximum atomic E-state index is 14.7. The minimum Gasteiger partial charge on any atom is -0.507 e. The quantitative estimate of drug-likeness (QED) is 0.315. The molecular weight excluding hydrogens is 442 g/mol. The van der Waals surface area contributed by atoms with E-state index in [1.807, 2.05) is 13.8 Å². The van der Waals surface area contributed by atoms with Crippen molar-refractivity contribution in [2.75, 3.05) is 11.5 Å². The number of aromatic nitrogens is 1. The Morgan fingerprint density at radius 1 is 1.12 bits per heavy atom. The number of ether oxygens (including phenoxy) is 1. The number of ketones is 1. The smallest absolute Gasteiger partial charge is 0.300 e. The van der Waals surface area contributed by atoms with Crippen LogP contribution in [0.3, 0.4) is 0 Å². The largest absolute Gasteiger partial charge is 0.507 e. The van der Waals surface area contributed by atoms with E-state index in [1.54, 1.807) is 36.4 Å². The first-order chi connectivity index (χ1) is 16.3. The van der Waals surface area contributed by atoms with E-state index < -0.39 is 40.8 Å². The maximum absolute atomic E-state index is 14.7. The highest BCUT2D eigenvalue weighted by molar-refractivity contribution is 6.51. The normalized spacial score (nSPS) is 17.4. The maximum Gasteiger partial charge on any atom is 0.300 e. The van der Waals surface area contributed by atoms with Crippen LogP contribution in [0.4, 0.5) is 14.5 Å². The number of amides is 1. The molecule has 1 unspecified atom stereocenters. The fourth-order valence-corrected chi connectivity index (χ4v) is 3.76. The second-order valence-corrected chi connectivity index (χ2v) is 8.28. The Morgan fingerprint density at radius 2 is 1.91 bits per heavy atom. The molecule has 0 radical (unpaired) electrons. The van der Waals surface area contributed by atoms with Crippen molar-refractivity contribution >= 4 is 23.1 Å². The first kappa shape index (κ1) is 23.1. The van der Waals surface area contributed by atoms with Crippen LogP contribution in [0, 0.1) is 17.6 Å². The van der Waals surface area contributed by atoms with Crippen molar-refractivity contribution in [2.24, 2.45) is 5.92 Å². The van der Waals surface area contributed by atoms with E-state index in [9.17, 15) is 23.5 Å². The third-order valence-electron chi connectivity index (χ3n) is 5.30. The molecule has 1 amide bonds. The molecule has 0 saturated carbocycles. The molecule has 4 rings (SSSR count). The van der Waals surface area contributed by atoms with Crippen molar-refractivity contribution in [3.63, 3.8) is 0 Å². The summed E-state index contributed by atoms with van der Waals surface area (Å²) in [6, 6.07) is 11.0. The minimum absolute atomic E-state index is 0.243. The van der Waals surface area contributed by atoms with Gasteiger partial charge < -0.3 is 9.84 Å². The van der Waals surface area contributed by atoms with Crippen LogP contribution < -0.4 is 9.64 Å². The van der Waals surface area contributed by atoms with Gasteiger partial charge in [-0.15, -0.1) is 0 Å². The number of nitrogens with zero attached hydrogens (tertiary/aromatic N) is 2. The van der Waals surface area contributed by atoms with Gasteiger partial charge in [0.1, 0.15) is 23.1 Å². The Hall–Kier alpha value is -4.07. The van der Waals surface area contributed by atoms with E-state index in [1.165, 1.54) is 12.4 Å². The van der Waals surface area contributed by atoms with Gasteiger partial charge in [0.05, 0.1) is 23.9 Å². The number of halogens is 2. The summed E-state index contributed by atoms with van der Waals surface area (Å²) in [6.45, 7) is 4.43. The van der Waals surface area contributed by atoms with Crippen molar-refractivity contribution in [3.8, 4) is 5.75 Å². The molecule has 1 saturated heterocycles. The number of hydrogen-bond acceptors (Lipinski definition) is 5. The zero-order chi connectivity index (χ0) is 24.4. The van der Waals surface area contributed by atoms with Gasteiger partial charge in [-0.2, -0.15) is 0 Å². The van der Waals surface area contributed by atoms with Crippen LogP contribution >= 0.6 is 0 Å². The average molecular weight is 464 g/mol. The molecule has 1 atom stereocenters. The number of pyridine rings is 1. The lowest BCUT2D eigenvalue weighted by atomic mass is 9.96. The number of rotatable bonds is 6. The average Bonchev–Trinajstić information content (AvgIpc) is 3.10. The van der Waals surface area contributed by atoms with Crippen LogP contribution in [-0.2, 0) is 9.59 Å². The third-order valence-corrected chi connectivity index (χ3v) is 5.30. The predicted molar refractivity (Wildman–Crippen MR) is 122 cm³/mol. The SMILES string of the molecule is CC(C)COc1cccc(/C(O)=C2\C(=O)C(=O)N(c3cc(F)ccc3F)C2c2cccnc2)c1. The lowest BCUT2D eigenvalue weighted by Crippen LogP contribution is -2.30. The highest BCUT2D eigenvalue weighted by Gasteiger charge is 2.48. The van der Waals surface area contributed by atoms with E-state index in [4.69, 9.17) is 4.74 Å². The zero-order valence-electron chi connectivity index (χ0n) is 18.5. The van der Waals surface area contributed by atoms with E-state index in [0.717, 1.165) is 23.1 Å². The second-order valence-electron chi connectivity index (χ2n) is 8.28. The molecule has 1 fully saturated rings. The molecule has 1 aromatic heterocycles. The molecule has 0 spiro atoms. The number of hydrogen-bond donors (Lipinski definition) is 1. The monoisotopic (exact) mass is 464 g/mol. The zero-order valence-corrected chi connectivity index (χ0v) is 18.5. The summed E-state index contributed by atoms with van der Waals surface area (Å²) in [5.41, 5.74) is -0.0846. The van der Waals surface area contributed by atoms with Gasteiger partial charge in [0.2, 0.25) is 0 Å². The summed E-state index contributed by atoms with van der Waals surface area (Å²) < 4.78 is 34.4. The third kappa shape index (κ3) is 4.39. The number of carbonyl (C=O) groups is 2. The molecular formula is C26H22F2N2O4. The van der Waals surface area contributed by atoms with Crippen LogP contribution in [0.1, 0.15) is 31.0 Å². The van der Waals surface area contributed by atoms with Gasteiger partial charge in [-0.05, 0) is 41.8 Å². The Balaban J connectivity index is 1.88. The highest BCUT2D eigenvalue weighted by Crippen LogP contribution is 2.43. The predicted octanol–water partition coefficient (Wildman–Crippen LogP) is 5.02. The van der Waals surface area contributed by atoms with Gasteiger partial charge in [0.25, 0.3) is 11.7 Å². The number of aliphatic hydroxyl groups is 1. The molecule has 174 valence electrons. The van der Waals surface area contributed by atoms with Gasteiger partial charge in [0, 0.05) is 24.0 Å². The Kier molecular flexibility index (Phi) is 6.40. The van der Waals surface area contributed by atoms with E-state index in [2.05, 4.69) is 4.98 Å². The van der Waals surface area contributed by atoms with Gasteiger partial charge in [-0.1, -0.05) is 32.0 Å². The van der Waals surface area contributed by atoms with Crippen molar-refractivity contribution in [2.45, 2.75) is 19.9 Å². The fraction of sp³-hybridized carbons (Fsp3) is 0.192. The van der Waals surface area contributed by atoms with Crippen LogP contribution in [0.5, 0.6) is 5.75 Å². The molecule has 1 aliphatic heterocycles. The molecule has 0 aliphatic carbocycles. The summed E-state index contributed by atoms with van der Waals surface area (Å²) in [6.07, 6.45) is 2.89. The van der Waals surface area contributed by atoms with Crippen LogP contribution in [-0.4, -0.2) is 28.4 Å². The van der Waals surface area contributed by atoms with Crippen molar-refractivity contribution in [1.82, 2.24) is 4.98 Å². The fourth-order valence-electron chi connectivity index (χ4n) is 3.76. The van der Waals surface area contributed by atoms with Crippen molar-refractivity contribution in [3.05, 3.63) is 95.3 Å². The standard InChI is InChI=1S/C26H22F2N2O4/c1-15(2)14-34-19-7-3-5-16(11-19)24(31)22-23(17-6-4-10-29-13-17)30(26(33)25(22)32)21-12-18(27)8-9-20(21)28/h3-13,15,23,31H,14H2,1-2H3/b24-22+. The molecule has 0 bridgehead atoms. The van der Waals surface area contributed by atoms with E-state index >= 15 is 0 Å². The Labute approximate surface area is 195 Å². The van der Waals surface area contributed by atoms with E-state index in [0.29, 0.717) is 17.9 Å². The number of Topliss-reactive ketones (excluding diaryl/α,β-unsaturated/α-hetero) is 1. The summed E-state index contributed by atoms with van der Waals surface area (Å²) >= 11 is 0. The summed E-state index contributed by atoms with van der Waals surface area (Å²) in [7, 11) is 0. The highest BCUT2D eigenvalue weighted by atomic mass is 19.1. The number of benzene rings is 2. The van der Waals surface area contributed by atoms with Gasteiger partial charge >= 0.3 is 0 Å². The summed E-state index contributed by atoms with van der Waals surface area (Å²) in [5.74, 6) is -3.49.